The Morgan fingerprint density at radius 1 is 0.758 bits per heavy atom. The number of ether oxygens (including phenoxy) is 2. The third-order valence-electron chi connectivity index (χ3n) is 6.61. The molecule has 0 aromatic carbocycles. The van der Waals surface area contributed by atoms with Gasteiger partial charge in [-0.15, -0.1) is 0 Å². The summed E-state index contributed by atoms with van der Waals surface area (Å²) >= 11 is 1.83. The van der Waals surface area contributed by atoms with E-state index >= 15 is 0 Å². The van der Waals surface area contributed by atoms with E-state index in [1.165, 1.54) is 0 Å². The molecule has 0 bridgehead atoms. The summed E-state index contributed by atoms with van der Waals surface area (Å²) in [7, 11) is 0. The summed E-state index contributed by atoms with van der Waals surface area (Å²) in [5, 5.41) is 31.9. The Balaban J connectivity index is 5.65. The average molecular weight is 493 g/mol. The van der Waals surface area contributed by atoms with Gasteiger partial charge in [0.1, 0.15) is 0 Å². The molecule has 0 heterocycles. The van der Waals surface area contributed by atoms with Crippen LogP contribution in [0.4, 0.5) is 0 Å². The predicted octanol–water partition coefficient (Wildman–Crippen LogP) is 5.83. The van der Waals surface area contributed by atoms with Crippen molar-refractivity contribution in [1.29, 1.82) is 0 Å². The fourth-order valence-corrected chi connectivity index (χ4v) is 5.65. The van der Waals surface area contributed by atoms with Crippen LogP contribution in [0.2, 0.25) is 0 Å². The number of hydrogen-bond acceptors (Lipinski definition) is 6. The standard InChI is InChI=1S/C27H56O5S/c1-21(28)17-27(19-24(6,7)30,22(2,3)18-23(4,5)29)20-32-25(8,9)13-15-31-26(10,11)14-16-33-12/h21,28-30H,13-20H2,1-12H3. The Morgan fingerprint density at radius 2 is 1.24 bits per heavy atom. The van der Waals surface area contributed by atoms with Crippen LogP contribution in [0.15, 0.2) is 0 Å². The van der Waals surface area contributed by atoms with Crippen molar-refractivity contribution in [2.24, 2.45) is 10.8 Å². The molecule has 0 saturated heterocycles. The Kier molecular flexibility index (Phi) is 12.5. The first-order valence-corrected chi connectivity index (χ1v) is 13.8. The molecule has 2 unspecified atom stereocenters. The van der Waals surface area contributed by atoms with E-state index in [0.717, 1.165) is 18.6 Å². The maximum absolute atomic E-state index is 10.8. The first kappa shape index (κ1) is 33.1. The lowest BCUT2D eigenvalue weighted by atomic mass is 9.56. The van der Waals surface area contributed by atoms with E-state index in [1.807, 2.05) is 25.6 Å². The highest BCUT2D eigenvalue weighted by Gasteiger charge is 2.50. The Labute approximate surface area is 209 Å². The fraction of sp³-hybridized carbons (Fsp3) is 1.00. The third-order valence-corrected chi connectivity index (χ3v) is 7.22. The number of rotatable bonds is 17. The minimum absolute atomic E-state index is 0.162. The molecule has 0 aromatic rings. The monoisotopic (exact) mass is 492 g/mol. The summed E-state index contributed by atoms with van der Waals surface area (Å²) in [4.78, 5) is 0. The molecule has 0 radical (unpaired) electrons. The van der Waals surface area contributed by atoms with Gasteiger partial charge < -0.3 is 24.8 Å². The van der Waals surface area contributed by atoms with Crippen molar-refractivity contribution in [2.75, 3.05) is 25.2 Å². The molecule has 0 spiro atoms. The molecule has 3 N–H and O–H groups in total. The van der Waals surface area contributed by atoms with Crippen molar-refractivity contribution in [1.82, 2.24) is 0 Å². The second-order valence-corrected chi connectivity index (χ2v) is 14.3. The Hall–Kier alpha value is 0.150. The maximum atomic E-state index is 10.8. The van der Waals surface area contributed by atoms with E-state index < -0.39 is 33.7 Å². The van der Waals surface area contributed by atoms with Gasteiger partial charge in [-0.2, -0.15) is 11.8 Å². The topological polar surface area (TPSA) is 79.2 Å². The van der Waals surface area contributed by atoms with E-state index in [2.05, 4.69) is 47.8 Å². The van der Waals surface area contributed by atoms with Crippen molar-refractivity contribution in [3.05, 3.63) is 0 Å². The molecule has 2 atom stereocenters. The van der Waals surface area contributed by atoms with E-state index in [4.69, 9.17) is 9.47 Å². The van der Waals surface area contributed by atoms with Crippen LogP contribution < -0.4 is 0 Å². The molecule has 6 heteroatoms. The maximum Gasteiger partial charge on any atom is 0.0648 e. The highest BCUT2D eigenvalue weighted by atomic mass is 32.2. The molecule has 0 aliphatic rings. The van der Waals surface area contributed by atoms with Gasteiger partial charge in [0.05, 0.1) is 41.7 Å². The van der Waals surface area contributed by atoms with Gasteiger partial charge in [0, 0.05) is 5.41 Å². The Morgan fingerprint density at radius 3 is 1.67 bits per heavy atom. The van der Waals surface area contributed by atoms with Crippen molar-refractivity contribution < 1.29 is 24.8 Å². The van der Waals surface area contributed by atoms with E-state index in [1.54, 1.807) is 20.8 Å². The fourth-order valence-electron chi connectivity index (χ4n) is 4.95. The number of hydrogen-bond donors (Lipinski definition) is 3. The summed E-state index contributed by atoms with van der Waals surface area (Å²) in [5.41, 5.74) is -3.33. The van der Waals surface area contributed by atoms with Crippen molar-refractivity contribution in [2.45, 2.75) is 137 Å². The van der Waals surface area contributed by atoms with Crippen LogP contribution in [0.5, 0.6) is 0 Å². The zero-order chi connectivity index (χ0) is 26.4. The quantitative estimate of drug-likeness (QED) is 0.237. The molecule has 5 nitrogen and oxygen atoms in total. The van der Waals surface area contributed by atoms with Gasteiger partial charge in [0.25, 0.3) is 0 Å². The number of aliphatic hydroxyl groups is 3. The van der Waals surface area contributed by atoms with Crippen LogP contribution in [0, 0.1) is 10.8 Å². The van der Waals surface area contributed by atoms with Crippen LogP contribution in [0.25, 0.3) is 0 Å². The summed E-state index contributed by atoms with van der Waals surface area (Å²) in [5.74, 6) is 1.07. The minimum Gasteiger partial charge on any atom is -0.393 e. The predicted molar refractivity (Wildman–Crippen MR) is 142 cm³/mol. The highest BCUT2D eigenvalue weighted by molar-refractivity contribution is 7.98. The summed E-state index contributed by atoms with van der Waals surface area (Å²) < 4.78 is 12.7. The van der Waals surface area contributed by atoms with Gasteiger partial charge in [-0.1, -0.05) is 13.8 Å². The molecule has 0 aliphatic carbocycles. The molecular weight excluding hydrogens is 436 g/mol. The Bertz CT molecular complexity index is 558. The average Bonchev–Trinajstić information content (AvgIpc) is 2.53. The minimum atomic E-state index is -0.941. The molecule has 200 valence electrons. The molecular formula is C27H56O5S. The molecule has 33 heavy (non-hydrogen) atoms. The van der Waals surface area contributed by atoms with Gasteiger partial charge in [0.15, 0.2) is 0 Å². The zero-order valence-electron chi connectivity index (χ0n) is 23.8. The summed E-state index contributed by atoms with van der Waals surface area (Å²) in [6.07, 6.45) is 4.77. The van der Waals surface area contributed by atoms with Crippen LogP contribution in [-0.4, -0.2) is 69.1 Å². The van der Waals surface area contributed by atoms with Crippen LogP contribution in [0.3, 0.4) is 0 Å². The number of thioether (sulfide) groups is 1. The van der Waals surface area contributed by atoms with Gasteiger partial charge in [-0.3, -0.25) is 0 Å². The lowest BCUT2D eigenvalue weighted by molar-refractivity contribution is -0.160. The first-order chi connectivity index (χ1) is 14.6. The first-order valence-electron chi connectivity index (χ1n) is 12.5. The van der Waals surface area contributed by atoms with Crippen molar-refractivity contribution in [3.63, 3.8) is 0 Å². The summed E-state index contributed by atoms with van der Waals surface area (Å²) in [6, 6.07) is 0. The second-order valence-electron chi connectivity index (χ2n) is 13.3. The lowest BCUT2D eigenvalue weighted by Gasteiger charge is -2.52. The summed E-state index contributed by atoms with van der Waals surface area (Å²) in [6.45, 7) is 22.7. The van der Waals surface area contributed by atoms with E-state index in [-0.39, 0.29) is 5.60 Å². The zero-order valence-corrected chi connectivity index (χ0v) is 24.6. The normalized spacial score (nSPS) is 17.2. The van der Waals surface area contributed by atoms with Crippen LogP contribution in [0.1, 0.15) is 108 Å². The molecule has 0 saturated carbocycles. The second kappa shape index (κ2) is 12.4. The molecule has 0 aliphatic heterocycles. The third kappa shape index (κ3) is 13.7. The SMILES string of the molecule is CSCCC(C)(C)OCCC(C)(C)OCC(CC(C)O)(CC(C)(C)O)C(C)(C)CC(C)(C)O. The van der Waals surface area contributed by atoms with Gasteiger partial charge in [0.2, 0.25) is 0 Å². The molecule has 0 fully saturated rings. The molecule has 0 aromatic heterocycles. The molecule has 0 amide bonds. The van der Waals surface area contributed by atoms with Crippen LogP contribution in [-0.2, 0) is 9.47 Å². The van der Waals surface area contributed by atoms with Crippen molar-refractivity contribution >= 4 is 11.8 Å². The highest BCUT2D eigenvalue weighted by Crippen LogP contribution is 2.52. The van der Waals surface area contributed by atoms with Gasteiger partial charge in [-0.05, 0) is 112 Å². The lowest BCUT2D eigenvalue weighted by Crippen LogP contribution is -2.51. The van der Waals surface area contributed by atoms with E-state index in [9.17, 15) is 15.3 Å². The largest absolute Gasteiger partial charge is 0.393 e. The van der Waals surface area contributed by atoms with Gasteiger partial charge in [-0.25, -0.2) is 0 Å². The van der Waals surface area contributed by atoms with Crippen molar-refractivity contribution in [3.8, 4) is 0 Å². The molecule has 0 rings (SSSR count). The van der Waals surface area contributed by atoms with Gasteiger partial charge >= 0.3 is 0 Å². The van der Waals surface area contributed by atoms with E-state index in [0.29, 0.717) is 32.5 Å². The number of aliphatic hydroxyl groups excluding tert-OH is 1. The smallest absolute Gasteiger partial charge is 0.0648 e. The van der Waals surface area contributed by atoms with Crippen LogP contribution >= 0.6 is 11.8 Å².